The molecule has 0 aliphatic carbocycles. The summed E-state index contributed by atoms with van der Waals surface area (Å²) >= 11 is 1.10. The van der Waals surface area contributed by atoms with Gasteiger partial charge in [-0.25, -0.2) is 18.4 Å². The van der Waals surface area contributed by atoms with Gasteiger partial charge in [0.05, 0.1) is 17.6 Å². The molecule has 4 rings (SSSR count). The average molecular weight is 444 g/mol. The third kappa shape index (κ3) is 3.65. The van der Waals surface area contributed by atoms with Gasteiger partial charge in [0.1, 0.15) is 22.0 Å². The van der Waals surface area contributed by atoms with Gasteiger partial charge >= 0.3 is 0 Å². The Morgan fingerprint density at radius 2 is 2.07 bits per heavy atom. The number of aliphatic hydroxyl groups is 1. The molecule has 0 atom stereocenters. The number of anilines is 2. The van der Waals surface area contributed by atoms with E-state index in [-0.39, 0.29) is 45.8 Å². The molecule has 0 bridgehead atoms. The number of nitrogens with one attached hydrogen (secondary N) is 1. The second-order valence-corrected chi connectivity index (χ2v) is 9.22. The number of nitrogen functional groups attached to an aromatic ring is 1. The number of fused-ring (bicyclic) bond motifs is 1. The molecule has 0 fully saturated rings. The molecule has 4 N–H and O–H groups in total. The van der Waals surface area contributed by atoms with Gasteiger partial charge in [0.15, 0.2) is 5.78 Å². The minimum atomic E-state index is -3.74. The Morgan fingerprint density at radius 1 is 1.23 bits per heavy atom. The number of aromatic nitrogens is 3. The Morgan fingerprint density at radius 3 is 2.80 bits per heavy atom. The van der Waals surface area contributed by atoms with Crippen molar-refractivity contribution >= 4 is 49.7 Å². The number of thiophene rings is 1. The van der Waals surface area contributed by atoms with Crippen LogP contribution < -0.4 is 10.5 Å². The molecule has 3 aromatic heterocycles. The van der Waals surface area contributed by atoms with Crippen LogP contribution in [0, 0.1) is 0 Å². The van der Waals surface area contributed by atoms with E-state index >= 15 is 0 Å². The van der Waals surface area contributed by atoms with E-state index in [1.54, 1.807) is 40.4 Å². The zero-order chi connectivity index (χ0) is 21.3. The third-order valence-electron chi connectivity index (χ3n) is 4.41. The molecule has 0 radical (unpaired) electrons. The highest BCUT2D eigenvalue weighted by atomic mass is 32.2. The molecular formula is C19H17N5O4S2. The molecule has 11 heteroatoms. The van der Waals surface area contributed by atoms with Crippen molar-refractivity contribution in [2.75, 3.05) is 17.1 Å². The van der Waals surface area contributed by atoms with Crippen molar-refractivity contribution in [3.05, 3.63) is 65.4 Å². The Labute approximate surface area is 175 Å². The van der Waals surface area contributed by atoms with Gasteiger partial charge < -0.3 is 15.4 Å². The molecule has 0 amide bonds. The first-order valence-corrected chi connectivity index (χ1v) is 11.2. The van der Waals surface area contributed by atoms with Gasteiger partial charge in [-0.15, -0.1) is 11.3 Å². The fraction of sp³-hybridized carbons (Fsp3) is 0.105. The second kappa shape index (κ2) is 7.86. The number of nitrogens with two attached hydrogens (primary N) is 1. The summed E-state index contributed by atoms with van der Waals surface area (Å²) in [6, 6.07) is 9.35. The van der Waals surface area contributed by atoms with Crippen LogP contribution in [0.3, 0.4) is 0 Å². The van der Waals surface area contributed by atoms with Crippen LogP contribution >= 0.6 is 11.3 Å². The van der Waals surface area contributed by atoms with E-state index in [2.05, 4.69) is 14.7 Å². The van der Waals surface area contributed by atoms with Gasteiger partial charge in [0.25, 0.3) is 10.0 Å². The van der Waals surface area contributed by atoms with Gasteiger partial charge in [-0.1, -0.05) is 18.2 Å². The van der Waals surface area contributed by atoms with E-state index in [0.29, 0.717) is 11.0 Å². The van der Waals surface area contributed by atoms with Gasteiger partial charge in [0.2, 0.25) is 0 Å². The Bertz CT molecular complexity index is 1330. The number of ketones is 1. The highest BCUT2D eigenvalue weighted by molar-refractivity contribution is 7.94. The highest BCUT2D eigenvalue weighted by Gasteiger charge is 2.21. The summed E-state index contributed by atoms with van der Waals surface area (Å²) < 4.78 is 29.2. The van der Waals surface area contributed by atoms with Crippen molar-refractivity contribution in [1.29, 1.82) is 0 Å². The summed E-state index contributed by atoms with van der Waals surface area (Å²) in [7, 11) is -3.74. The first-order valence-electron chi connectivity index (χ1n) is 8.82. The molecule has 1 aromatic carbocycles. The van der Waals surface area contributed by atoms with Crippen molar-refractivity contribution < 1.29 is 18.3 Å². The lowest BCUT2D eigenvalue weighted by molar-refractivity contribution is 0.104. The fourth-order valence-corrected chi connectivity index (χ4v) is 5.14. The Kier molecular flexibility index (Phi) is 5.24. The van der Waals surface area contributed by atoms with E-state index in [1.807, 2.05) is 0 Å². The maximum absolute atomic E-state index is 13.2. The number of hydrogen-bond donors (Lipinski definition) is 3. The number of hydrogen-bond acceptors (Lipinski definition) is 8. The van der Waals surface area contributed by atoms with E-state index in [9.17, 15) is 18.3 Å². The lowest BCUT2D eigenvalue weighted by Gasteiger charge is -2.08. The molecule has 4 aromatic rings. The summed E-state index contributed by atoms with van der Waals surface area (Å²) in [6.45, 7) is 0.0994. The molecule has 0 spiro atoms. The largest absolute Gasteiger partial charge is 0.395 e. The molecule has 0 aliphatic heterocycles. The number of carbonyl (C=O) groups excluding carboxylic acids is 1. The van der Waals surface area contributed by atoms with Crippen molar-refractivity contribution in [1.82, 2.24) is 14.5 Å². The number of nitrogens with zero attached hydrogens (tertiary/aromatic N) is 3. The molecule has 154 valence electrons. The monoisotopic (exact) mass is 443 g/mol. The first-order chi connectivity index (χ1) is 14.4. The van der Waals surface area contributed by atoms with Crippen LogP contribution in [0.1, 0.15) is 15.9 Å². The first kappa shape index (κ1) is 20.0. The van der Waals surface area contributed by atoms with Crippen LogP contribution in [-0.4, -0.2) is 40.4 Å². The van der Waals surface area contributed by atoms with Crippen LogP contribution in [0.15, 0.2) is 58.5 Å². The van der Waals surface area contributed by atoms with Crippen LogP contribution in [-0.2, 0) is 16.6 Å². The number of sulfonamides is 1. The van der Waals surface area contributed by atoms with Crippen molar-refractivity contribution in [2.45, 2.75) is 10.8 Å². The van der Waals surface area contributed by atoms with Gasteiger partial charge in [-0.05, 0) is 23.6 Å². The van der Waals surface area contributed by atoms with Gasteiger partial charge in [-0.2, -0.15) is 0 Å². The molecule has 9 nitrogen and oxygen atoms in total. The van der Waals surface area contributed by atoms with Crippen LogP contribution in [0.25, 0.3) is 11.0 Å². The van der Waals surface area contributed by atoms with Crippen LogP contribution in [0.4, 0.5) is 11.5 Å². The van der Waals surface area contributed by atoms with E-state index in [4.69, 9.17) is 5.73 Å². The summed E-state index contributed by atoms with van der Waals surface area (Å²) in [6.07, 6.45) is 2.86. The average Bonchev–Trinajstić information content (AvgIpc) is 3.38. The van der Waals surface area contributed by atoms with E-state index in [1.165, 1.54) is 18.5 Å². The summed E-state index contributed by atoms with van der Waals surface area (Å²) in [5.41, 5.74) is 7.23. The predicted octanol–water partition coefficient (Wildman–Crippen LogP) is 2.10. The minimum absolute atomic E-state index is 0.138. The number of benzene rings is 1. The minimum Gasteiger partial charge on any atom is -0.395 e. The smallest absolute Gasteiger partial charge is 0.271 e. The lowest BCUT2D eigenvalue weighted by Crippen LogP contribution is -2.12. The van der Waals surface area contributed by atoms with Gasteiger partial charge in [-0.3, -0.25) is 9.52 Å². The Hall–Kier alpha value is -3.28. The van der Waals surface area contributed by atoms with E-state index < -0.39 is 10.0 Å². The molecule has 0 unspecified atom stereocenters. The van der Waals surface area contributed by atoms with Crippen LogP contribution in [0.2, 0.25) is 0 Å². The SMILES string of the molecule is Nc1ncnc2c1c(C(=O)c1cccc(NS(=O)(=O)c3cccs3)c1)cn2CCO. The standard InChI is InChI=1S/C19H17N5O4S2/c20-18-16-14(10-24(6-7-25)19(16)22-11-21-18)17(26)12-3-1-4-13(9-12)23-30(27,28)15-5-2-8-29-15/h1-5,8-11,23,25H,6-7H2,(H2,20,21,22). The maximum atomic E-state index is 13.2. The molecular weight excluding hydrogens is 426 g/mol. The quantitative estimate of drug-likeness (QED) is 0.372. The van der Waals surface area contributed by atoms with Crippen molar-refractivity contribution in [3.8, 4) is 0 Å². The molecule has 0 aliphatic rings. The van der Waals surface area contributed by atoms with Gasteiger partial charge in [0, 0.05) is 24.0 Å². The van der Waals surface area contributed by atoms with Crippen LogP contribution in [0.5, 0.6) is 0 Å². The normalized spacial score (nSPS) is 11.6. The molecule has 0 saturated heterocycles. The molecule has 30 heavy (non-hydrogen) atoms. The zero-order valence-corrected chi connectivity index (χ0v) is 17.2. The maximum Gasteiger partial charge on any atom is 0.271 e. The number of rotatable bonds is 7. The summed E-state index contributed by atoms with van der Waals surface area (Å²) in [5, 5.41) is 11.4. The van der Waals surface area contributed by atoms with E-state index in [0.717, 1.165) is 11.3 Å². The Balaban J connectivity index is 1.72. The summed E-state index contributed by atoms with van der Waals surface area (Å²) in [4.78, 5) is 21.3. The number of aliphatic hydroxyl groups excluding tert-OH is 1. The van der Waals surface area contributed by atoms with Crippen molar-refractivity contribution in [3.63, 3.8) is 0 Å². The number of carbonyl (C=O) groups is 1. The van der Waals surface area contributed by atoms with Crippen molar-refractivity contribution in [2.24, 2.45) is 0 Å². The lowest BCUT2D eigenvalue weighted by atomic mass is 10.0. The second-order valence-electron chi connectivity index (χ2n) is 6.36. The zero-order valence-electron chi connectivity index (χ0n) is 15.5. The predicted molar refractivity (Wildman–Crippen MR) is 114 cm³/mol. The summed E-state index contributed by atoms with van der Waals surface area (Å²) in [5.74, 6) is -0.218. The molecule has 0 saturated carbocycles. The third-order valence-corrected chi connectivity index (χ3v) is 7.18. The molecule has 3 heterocycles. The fourth-order valence-electron chi connectivity index (χ4n) is 3.10. The topological polar surface area (TPSA) is 140 Å². The highest BCUT2D eigenvalue weighted by Crippen LogP contribution is 2.27.